The zero-order valence-corrected chi connectivity index (χ0v) is 16.5. The van der Waals surface area contributed by atoms with Crippen molar-refractivity contribution in [2.24, 2.45) is 0 Å². The number of aromatic nitrogens is 1. The first-order valence-electron chi connectivity index (χ1n) is 8.54. The van der Waals surface area contributed by atoms with Gasteiger partial charge in [-0.05, 0) is 56.7 Å². The fraction of sp³-hybridized carbons (Fsp3) is 0.143. The van der Waals surface area contributed by atoms with Crippen LogP contribution in [0.25, 0.3) is 0 Å². The van der Waals surface area contributed by atoms with Crippen LogP contribution >= 0.6 is 0 Å². The van der Waals surface area contributed by atoms with Gasteiger partial charge < -0.3 is 4.74 Å². The van der Waals surface area contributed by atoms with Gasteiger partial charge in [0.05, 0.1) is 10.6 Å². The minimum atomic E-state index is -3.72. The third-order valence-corrected chi connectivity index (χ3v) is 5.45. The van der Waals surface area contributed by atoms with E-state index in [1.807, 2.05) is 20.8 Å². The lowest BCUT2D eigenvalue weighted by Gasteiger charge is -2.12. The van der Waals surface area contributed by atoms with Crippen LogP contribution in [0.5, 0.6) is 11.6 Å². The Labute approximate surface area is 164 Å². The lowest BCUT2D eigenvalue weighted by Crippen LogP contribution is -2.12. The van der Waals surface area contributed by atoms with E-state index in [2.05, 4.69) is 15.8 Å². The third kappa shape index (κ3) is 4.30. The number of ether oxygens (including phenoxy) is 1. The summed E-state index contributed by atoms with van der Waals surface area (Å²) >= 11 is 0. The smallest absolute Gasteiger partial charge is 0.261 e. The van der Waals surface area contributed by atoms with Gasteiger partial charge >= 0.3 is 0 Å². The molecule has 2 aromatic carbocycles. The summed E-state index contributed by atoms with van der Waals surface area (Å²) < 4.78 is 33.4. The fourth-order valence-corrected chi connectivity index (χ4v) is 3.73. The molecule has 6 nitrogen and oxygen atoms in total. The number of anilines is 1. The highest BCUT2D eigenvalue weighted by molar-refractivity contribution is 7.92. The van der Waals surface area contributed by atoms with Crippen LogP contribution < -0.4 is 9.46 Å². The number of benzene rings is 2. The summed E-state index contributed by atoms with van der Waals surface area (Å²) in [7, 11) is -3.72. The number of nitrogens with one attached hydrogen (secondary N) is 1. The number of hydrogen-bond donors (Lipinski definition) is 1. The summed E-state index contributed by atoms with van der Waals surface area (Å²) in [4.78, 5) is 4.45. The zero-order chi connectivity index (χ0) is 20.3. The minimum Gasteiger partial charge on any atom is -0.438 e. The van der Waals surface area contributed by atoms with Gasteiger partial charge in [-0.2, -0.15) is 5.26 Å². The molecule has 0 aliphatic heterocycles. The number of aryl methyl sites for hydroxylation is 3. The second-order valence-electron chi connectivity index (χ2n) is 6.42. The maximum Gasteiger partial charge on any atom is 0.261 e. The Morgan fingerprint density at radius 2 is 1.75 bits per heavy atom. The normalized spacial score (nSPS) is 10.9. The molecule has 0 spiro atoms. The Morgan fingerprint density at radius 1 is 1.04 bits per heavy atom. The average molecular weight is 393 g/mol. The molecule has 0 aliphatic rings. The van der Waals surface area contributed by atoms with Crippen LogP contribution in [0.3, 0.4) is 0 Å². The lowest BCUT2D eigenvalue weighted by atomic mass is 10.1. The van der Waals surface area contributed by atoms with Crippen LogP contribution in [-0.4, -0.2) is 13.4 Å². The summed E-state index contributed by atoms with van der Waals surface area (Å²) in [5, 5.41) is 9.36. The van der Waals surface area contributed by atoms with E-state index in [1.165, 1.54) is 0 Å². The van der Waals surface area contributed by atoms with Crippen LogP contribution in [0.4, 0.5) is 5.69 Å². The second kappa shape index (κ2) is 7.71. The van der Waals surface area contributed by atoms with Crippen molar-refractivity contribution < 1.29 is 13.2 Å². The summed E-state index contributed by atoms with van der Waals surface area (Å²) in [5.74, 6) is 0.566. The standard InChI is InChI=1S/C21H19N3O3S/c1-14-7-9-19(10-8-14)28(25,26)24-17-5-4-6-18(12-17)27-21-20(13-22)15(2)11-16(3)23-21/h4-12,24H,1-3H3. The van der Waals surface area contributed by atoms with Crippen molar-refractivity contribution in [3.63, 3.8) is 0 Å². The number of nitriles is 1. The van der Waals surface area contributed by atoms with Crippen molar-refractivity contribution in [3.8, 4) is 17.7 Å². The number of hydrogen-bond acceptors (Lipinski definition) is 5. The fourth-order valence-electron chi connectivity index (χ4n) is 2.68. The molecule has 28 heavy (non-hydrogen) atoms. The number of nitrogens with zero attached hydrogens (tertiary/aromatic N) is 2. The monoisotopic (exact) mass is 393 g/mol. The predicted molar refractivity (Wildman–Crippen MR) is 107 cm³/mol. The van der Waals surface area contributed by atoms with Gasteiger partial charge in [-0.3, -0.25) is 4.72 Å². The summed E-state index contributed by atoms with van der Waals surface area (Å²) in [5.41, 5.74) is 3.16. The van der Waals surface area contributed by atoms with Gasteiger partial charge in [0, 0.05) is 11.8 Å². The largest absolute Gasteiger partial charge is 0.438 e. The predicted octanol–water partition coefficient (Wildman–Crippen LogP) is 4.47. The van der Waals surface area contributed by atoms with Crippen LogP contribution in [0.15, 0.2) is 59.5 Å². The van der Waals surface area contributed by atoms with Gasteiger partial charge in [0.1, 0.15) is 17.4 Å². The topological polar surface area (TPSA) is 92.1 Å². The minimum absolute atomic E-state index is 0.173. The second-order valence-corrected chi connectivity index (χ2v) is 8.10. The van der Waals surface area contributed by atoms with Crippen LogP contribution in [-0.2, 0) is 10.0 Å². The summed E-state index contributed by atoms with van der Waals surface area (Å²) in [6.07, 6.45) is 0. The zero-order valence-electron chi connectivity index (χ0n) is 15.7. The molecule has 0 atom stereocenters. The van der Waals surface area contributed by atoms with Crippen molar-refractivity contribution in [1.82, 2.24) is 4.98 Å². The maximum atomic E-state index is 12.6. The van der Waals surface area contributed by atoms with Gasteiger partial charge in [0.25, 0.3) is 10.0 Å². The molecular formula is C21H19N3O3S. The molecule has 3 aromatic rings. The van der Waals surface area contributed by atoms with Gasteiger partial charge in [-0.15, -0.1) is 0 Å². The molecular weight excluding hydrogens is 374 g/mol. The highest BCUT2D eigenvalue weighted by Crippen LogP contribution is 2.28. The molecule has 7 heteroatoms. The molecule has 0 fully saturated rings. The number of pyridine rings is 1. The Hall–Kier alpha value is -3.37. The van der Waals surface area contributed by atoms with E-state index >= 15 is 0 Å². The summed E-state index contributed by atoms with van der Waals surface area (Å²) in [6, 6.07) is 17.0. The van der Waals surface area contributed by atoms with E-state index in [1.54, 1.807) is 54.6 Å². The van der Waals surface area contributed by atoms with Crippen LogP contribution in [0.2, 0.25) is 0 Å². The van der Waals surface area contributed by atoms with Crippen molar-refractivity contribution in [2.75, 3.05) is 4.72 Å². The Morgan fingerprint density at radius 3 is 2.43 bits per heavy atom. The van der Waals surface area contributed by atoms with Gasteiger partial charge in [-0.1, -0.05) is 23.8 Å². The Kier molecular flexibility index (Phi) is 5.34. The summed E-state index contributed by atoms with van der Waals surface area (Å²) in [6.45, 7) is 5.51. The molecule has 0 bridgehead atoms. The molecule has 0 saturated heterocycles. The molecule has 1 heterocycles. The quantitative estimate of drug-likeness (QED) is 0.690. The number of rotatable bonds is 5. The van der Waals surface area contributed by atoms with Gasteiger partial charge in [0.15, 0.2) is 0 Å². The molecule has 142 valence electrons. The van der Waals surface area contributed by atoms with Gasteiger partial charge in [0.2, 0.25) is 5.88 Å². The van der Waals surface area contributed by atoms with E-state index < -0.39 is 10.0 Å². The molecule has 0 radical (unpaired) electrons. The molecule has 1 N–H and O–H groups in total. The third-order valence-electron chi connectivity index (χ3n) is 4.06. The van der Waals surface area contributed by atoms with E-state index in [-0.39, 0.29) is 10.8 Å². The van der Waals surface area contributed by atoms with Crippen molar-refractivity contribution in [1.29, 1.82) is 5.26 Å². The first-order chi connectivity index (χ1) is 13.3. The first-order valence-corrected chi connectivity index (χ1v) is 10.0. The average Bonchev–Trinajstić information content (AvgIpc) is 2.61. The molecule has 1 aromatic heterocycles. The molecule has 3 rings (SSSR count). The molecule has 0 unspecified atom stereocenters. The van der Waals surface area contributed by atoms with E-state index in [0.29, 0.717) is 17.0 Å². The van der Waals surface area contributed by atoms with E-state index in [0.717, 1.165) is 16.8 Å². The van der Waals surface area contributed by atoms with Crippen molar-refractivity contribution in [2.45, 2.75) is 25.7 Å². The first kappa shape index (κ1) is 19.4. The van der Waals surface area contributed by atoms with E-state index in [4.69, 9.17) is 4.74 Å². The highest BCUT2D eigenvalue weighted by atomic mass is 32.2. The maximum absolute atomic E-state index is 12.6. The molecule has 0 amide bonds. The Balaban J connectivity index is 1.88. The van der Waals surface area contributed by atoms with Gasteiger partial charge in [-0.25, -0.2) is 13.4 Å². The SMILES string of the molecule is Cc1ccc(S(=O)(=O)Nc2cccc(Oc3nc(C)cc(C)c3C#N)c2)cc1. The van der Waals surface area contributed by atoms with E-state index in [9.17, 15) is 13.7 Å². The van der Waals surface area contributed by atoms with Crippen molar-refractivity contribution in [3.05, 3.63) is 77.0 Å². The van der Waals surface area contributed by atoms with Crippen molar-refractivity contribution >= 4 is 15.7 Å². The highest BCUT2D eigenvalue weighted by Gasteiger charge is 2.15. The Bertz CT molecular complexity index is 1160. The van der Waals surface area contributed by atoms with Crippen LogP contribution in [0.1, 0.15) is 22.4 Å². The number of sulfonamides is 1. The lowest BCUT2D eigenvalue weighted by molar-refractivity contribution is 0.459. The molecule has 0 aliphatic carbocycles. The molecule has 0 saturated carbocycles. The van der Waals surface area contributed by atoms with Crippen LogP contribution in [0, 0.1) is 32.1 Å².